The van der Waals surface area contributed by atoms with Crippen molar-refractivity contribution in [2.45, 2.75) is 58.2 Å². The molecule has 0 aromatic carbocycles. The summed E-state index contributed by atoms with van der Waals surface area (Å²) in [4.78, 5) is 38.5. The van der Waals surface area contributed by atoms with Gasteiger partial charge in [0.1, 0.15) is 12.1 Å². The molecule has 2 fully saturated rings. The van der Waals surface area contributed by atoms with Gasteiger partial charge in [-0.1, -0.05) is 13.8 Å². The van der Waals surface area contributed by atoms with Gasteiger partial charge in [-0.25, -0.2) is 9.59 Å². The Morgan fingerprint density at radius 3 is 2.52 bits per heavy atom. The normalized spacial score (nSPS) is 27.0. The average Bonchev–Trinajstić information content (AvgIpc) is 3.12. The van der Waals surface area contributed by atoms with Crippen LogP contribution in [0.1, 0.15) is 40.0 Å². The number of piperidine rings is 1. The molecule has 7 nitrogen and oxygen atoms in total. The minimum absolute atomic E-state index is 0.0580. The highest BCUT2D eigenvalue weighted by Crippen LogP contribution is 2.43. The standard InChI is InChI=1S/C16H26N2O5/c1-5-23-15(20)13-10-6-7-11(8-10)18(13)14(19)12(9(2)3)17-16(21)22-4/h9-13H,5-8H2,1-4H3,(H,17,21). The van der Waals surface area contributed by atoms with Crippen LogP contribution < -0.4 is 5.32 Å². The van der Waals surface area contributed by atoms with Crippen LogP contribution in [0.4, 0.5) is 4.79 Å². The Bertz CT molecular complexity index is 479. The molecule has 1 aliphatic carbocycles. The van der Waals surface area contributed by atoms with Crippen LogP contribution in [-0.4, -0.2) is 54.7 Å². The first-order chi connectivity index (χ1) is 10.9. The summed E-state index contributed by atoms with van der Waals surface area (Å²) in [5.74, 6) is -0.512. The second-order valence-electron chi connectivity index (χ2n) is 6.53. The number of fused-ring (bicyclic) bond motifs is 2. The van der Waals surface area contributed by atoms with Gasteiger partial charge in [0.25, 0.3) is 0 Å². The minimum Gasteiger partial charge on any atom is -0.464 e. The summed E-state index contributed by atoms with van der Waals surface area (Å²) in [6, 6.07) is -1.18. The lowest BCUT2D eigenvalue weighted by Crippen LogP contribution is -2.58. The second kappa shape index (κ2) is 7.19. The predicted molar refractivity (Wildman–Crippen MR) is 82.6 cm³/mol. The number of likely N-dealkylation sites (tertiary alicyclic amines) is 1. The van der Waals surface area contributed by atoms with E-state index in [0.29, 0.717) is 6.61 Å². The van der Waals surface area contributed by atoms with Crippen molar-refractivity contribution in [3.63, 3.8) is 0 Å². The summed E-state index contributed by atoms with van der Waals surface area (Å²) in [6.45, 7) is 5.76. The van der Waals surface area contributed by atoms with Crippen LogP contribution in [0.2, 0.25) is 0 Å². The van der Waals surface area contributed by atoms with Crippen LogP contribution >= 0.6 is 0 Å². The lowest BCUT2D eigenvalue weighted by atomic mass is 9.96. The number of hydrogen-bond donors (Lipinski definition) is 1. The van der Waals surface area contributed by atoms with Crippen molar-refractivity contribution in [3.8, 4) is 0 Å². The molecule has 4 atom stereocenters. The van der Waals surface area contributed by atoms with E-state index in [1.165, 1.54) is 7.11 Å². The number of carbonyl (C=O) groups is 3. The Hall–Kier alpha value is -1.79. The molecule has 23 heavy (non-hydrogen) atoms. The number of carbonyl (C=O) groups excluding carboxylic acids is 3. The summed E-state index contributed by atoms with van der Waals surface area (Å²) in [7, 11) is 1.26. The van der Waals surface area contributed by atoms with E-state index in [-0.39, 0.29) is 29.8 Å². The Kier molecular flexibility index (Phi) is 5.49. The summed E-state index contributed by atoms with van der Waals surface area (Å²) in [5, 5.41) is 2.59. The summed E-state index contributed by atoms with van der Waals surface area (Å²) >= 11 is 0. The number of hydrogen-bond acceptors (Lipinski definition) is 5. The van der Waals surface area contributed by atoms with Gasteiger partial charge in [-0.2, -0.15) is 0 Å². The van der Waals surface area contributed by atoms with E-state index in [4.69, 9.17) is 4.74 Å². The maximum atomic E-state index is 13.0. The number of methoxy groups -OCH3 is 1. The van der Waals surface area contributed by atoms with Gasteiger partial charge in [0.15, 0.2) is 0 Å². The van der Waals surface area contributed by atoms with Gasteiger partial charge in [0.2, 0.25) is 5.91 Å². The second-order valence-corrected chi connectivity index (χ2v) is 6.53. The monoisotopic (exact) mass is 326 g/mol. The number of amides is 2. The Labute approximate surface area is 136 Å². The zero-order chi connectivity index (χ0) is 17.1. The van der Waals surface area contributed by atoms with E-state index >= 15 is 0 Å². The molecule has 2 aliphatic rings. The van der Waals surface area contributed by atoms with E-state index in [2.05, 4.69) is 10.1 Å². The molecular weight excluding hydrogens is 300 g/mol. The van der Waals surface area contributed by atoms with Crippen molar-refractivity contribution in [1.29, 1.82) is 0 Å². The van der Waals surface area contributed by atoms with E-state index in [1.807, 2.05) is 13.8 Å². The third kappa shape index (κ3) is 3.43. The van der Waals surface area contributed by atoms with Crippen LogP contribution in [0.15, 0.2) is 0 Å². The number of ether oxygens (including phenoxy) is 2. The Morgan fingerprint density at radius 1 is 1.26 bits per heavy atom. The smallest absolute Gasteiger partial charge is 0.407 e. The van der Waals surface area contributed by atoms with E-state index < -0.39 is 18.2 Å². The molecule has 1 N–H and O–H groups in total. The van der Waals surface area contributed by atoms with E-state index in [1.54, 1.807) is 11.8 Å². The SMILES string of the molecule is CCOC(=O)C1C2CCC(C2)N1C(=O)C(NC(=O)OC)C(C)C. The molecule has 7 heteroatoms. The molecule has 1 saturated heterocycles. The highest BCUT2D eigenvalue weighted by molar-refractivity contribution is 5.91. The van der Waals surface area contributed by atoms with Crippen molar-refractivity contribution < 1.29 is 23.9 Å². The van der Waals surface area contributed by atoms with Gasteiger partial charge < -0.3 is 19.7 Å². The number of nitrogens with zero attached hydrogens (tertiary/aromatic N) is 1. The van der Waals surface area contributed by atoms with Gasteiger partial charge in [0, 0.05) is 6.04 Å². The van der Waals surface area contributed by atoms with Gasteiger partial charge in [0.05, 0.1) is 13.7 Å². The third-order valence-corrected chi connectivity index (χ3v) is 4.76. The number of rotatable bonds is 5. The van der Waals surface area contributed by atoms with Gasteiger partial charge in [-0.05, 0) is 38.0 Å². The molecule has 1 saturated carbocycles. The molecular formula is C16H26N2O5. The highest BCUT2D eigenvalue weighted by Gasteiger charge is 2.53. The van der Waals surface area contributed by atoms with Crippen LogP contribution in [0.5, 0.6) is 0 Å². The van der Waals surface area contributed by atoms with Crippen molar-refractivity contribution in [1.82, 2.24) is 10.2 Å². The first-order valence-electron chi connectivity index (χ1n) is 8.24. The topological polar surface area (TPSA) is 84.9 Å². The molecule has 2 rings (SSSR count). The van der Waals surface area contributed by atoms with E-state index in [0.717, 1.165) is 19.3 Å². The Balaban J connectivity index is 2.20. The fourth-order valence-corrected chi connectivity index (χ4v) is 3.70. The zero-order valence-corrected chi connectivity index (χ0v) is 14.2. The largest absolute Gasteiger partial charge is 0.464 e. The Morgan fingerprint density at radius 2 is 1.96 bits per heavy atom. The van der Waals surface area contributed by atoms with Crippen molar-refractivity contribution in [2.24, 2.45) is 11.8 Å². The van der Waals surface area contributed by atoms with Crippen molar-refractivity contribution >= 4 is 18.0 Å². The maximum Gasteiger partial charge on any atom is 0.407 e. The lowest BCUT2D eigenvalue weighted by molar-refractivity contribution is -0.158. The minimum atomic E-state index is -0.710. The van der Waals surface area contributed by atoms with Gasteiger partial charge in [-0.15, -0.1) is 0 Å². The molecule has 130 valence electrons. The van der Waals surface area contributed by atoms with Crippen LogP contribution in [-0.2, 0) is 19.1 Å². The average molecular weight is 326 g/mol. The molecule has 0 spiro atoms. The molecule has 0 radical (unpaired) electrons. The molecule has 2 bridgehead atoms. The maximum absolute atomic E-state index is 13.0. The fraction of sp³-hybridized carbons (Fsp3) is 0.812. The molecule has 2 amide bonds. The number of alkyl carbamates (subject to hydrolysis) is 1. The van der Waals surface area contributed by atoms with Crippen LogP contribution in [0.3, 0.4) is 0 Å². The highest BCUT2D eigenvalue weighted by atomic mass is 16.5. The quantitative estimate of drug-likeness (QED) is 0.770. The van der Waals surface area contributed by atoms with Crippen LogP contribution in [0.25, 0.3) is 0 Å². The zero-order valence-electron chi connectivity index (χ0n) is 14.2. The van der Waals surface area contributed by atoms with Crippen molar-refractivity contribution in [2.75, 3.05) is 13.7 Å². The lowest BCUT2D eigenvalue weighted by Gasteiger charge is -2.37. The van der Waals surface area contributed by atoms with Gasteiger partial charge >= 0.3 is 12.1 Å². The van der Waals surface area contributed by atoms with Crippen LogP contribution in [0, 0.1) is 11.8 Å². The van der Waals surface area contributed by atoms with Gasteiger partial charge in [-0.3, -0.25) is 4.79 Å². The molecule has 0 aromatic rings. The first kappa shape index (κ1) is 17.6. The predicted octanol–water partition coefficient (Wildman–Crippen LogP) is 1.31. The molecule has 4 unspecified atom stereocenters. The fourth-order valence-electron chi connectivity index (χ4n) is 3.70. The summed E-state index contributed by atoms with van der Waals surface area (Å²) < 4.78 is 9.76. The first-order valence-corrected chi connectivity index (χ1v) is 8.24. The van der Waals surface area contributed by atoms with Crippen molar-refractivity contribution in [3.05, 3.63) is 0 Å². The summed E-state index contributed by atoms with van der Waals surface area (Å²) in [5.41, 5.74) is 0. The number of nitrogens with one attached hydrogen (secondary N) is 1. The third-order valence-electron chi connectivity index (χ3n) is 4.76. The molecule has 1 aliphatic heterocycles. The van der Waals surface area contributed by atoms with E-state index in [9.17, 15) is 14.4 Å². The molecule has 1 heterocycles. The summed E-state index contributed by atoms with van der Waals surface area (Å²) in [6.07, 6.45) is 2.02. The number of esters is 1. The molecule has 0 aromatic heterocycles.